The Hall–Kier alpha value is -2.06. The topological polar surface area (TPSA) is 37.0 Å². The molecule has 2 aromatic rings. The van der Waals surface area contributed by atoms with Crippen molar-refractivity contribution in [3.63, 3.8) is 0 Å². The molecule has 0 saturated carbocycles. The van der Waals surface area contributed by atoms with Gasteiger partial charge in [-0.15, -0.1) is 0 Å². The summed E-state index contributed by atoms with van der Waals surface area (Å²) in [4.78, 5) is 11.0. The van der Waals surface area contributed by atoms with Gasteiger partial charge < -0.3 is 0 Å². The quantitative estimate of drug-likeness (QED) is 0.774. The highest BCUT2D eigenvalue weighted by Crippen LogP contribution is 2.28. The summed E-state index contributed by atoms with van der Waals surface area (Å²) in [6, 6.07) is 18.3. The number of carbonyl (C=O) groups excluding carboxylic acids is 1. The number of rotatable bonds is 3. The molecule has 2 nitrogen and oxygen atoms in total. The molecule has 18 heavy (non-hydrogen) atoms. The van der Waals surface area contributed by atoms with Gasteiger partial charge in [-0.1, -0.05) is 72.3 Å². The van der Waals surface area contributed by atoms with Gasteiger partial charge in [0.1, 0.15) is 5.03 Å². The maximum atomic E-state index is 11.0. The lowest BCUT2D eigenvalue weighted by molar-refractivity contribution is -0.137. The van der Waals surface area contributed by atoms with Gasteiger partial charge in [0.2, 0.25) is 0 Å². The van der Waals surface area contributed by atoms with E-state index in [1.54, 1.807) is 0 Å². The van der Waals surface area contributed by atoms with E-state index in [0.717, 1.165) is 11.1 Å². The van der Waals surface area contributed by atoms with Crippen LogP contribution in [0.5, 0.6) is 0 Å². The Morgan fingerprint density at radius 1 is 0.778 bits per heavy atom. The third-order valence-electron chi connectivity index (χ3n) is 2.52. The molecule has 89 valence electrons. The molecule has 0 aliphatic rings. The average Bonchev–Trinajstić information content (AvgIpc) is 2.41. The van der Waals surface area contributed by atoms with Crippen LogP contribution in [0.25, 0.3) is 5.57 Å². The predicted octanol–water partition coefficient (Wildman–Crippen LogP) is 3.64. The number of carbonyl (C=O) groups is 1. The average molecular weight is 258 g/mol. The van der Waals surface area contributed by atoms with E-state index in [2.05, 4.69) is 0 Å². The Morgan fingerprint density at radius 3 is 1.50 bits per heavy atom. The highest BCUT2D eigenvalue weighted by atomic mass is 35.5. The van der Waals surface area contributed by atoms with Crippen LogP contribution >= 0.6 is 11.6 Å². The maximum Gasteiger partial charge on any atom is 0.398 e. The lowest BCUT2D eigenvalue weighted by atomic mass is 9.97. The Morgan fingerprint density at radius 2 is 1.17 bits per heavy atom. The van der Waals surface area contributed by atoms with Crippen LogP contribution in [0, 0.1) is 0 Å². The molecular formula is C15H10ClO2. The van der Waals surface area contributed by atoms with Crippen LogP contribution in [0.2, 0.25) is 0 Å². The van der Waals surface area contributed by atoms with E-state index in [9.17, 15) is 9.90 Å². The molecule has 0 aliphatic heterocycles. The number of benzene rings is 2. The molecular weight excluding hydrogens is 248 g/mol. The van der Waals surface area contributed by atoms with Gasteiger partial charge in [0.25, 0.3) is 0 Å². The second-order valence-corrected chi connectivity index (χ2v) is 4.09. The zero-order valence-electron chi connectivity index (χ0n) is 9.47. The van der Waals surface area contributed by atoms with Gasteiger partial charge in [0.15, 0.2) is 0 Å². The zero-order valence-corrected chi connectivity index (χ0v) is 10.2. The molecule has 0 saturated heterocycles. The Bertz CT molecular complexity index is 532. The van der Waals surface area contributed by atoms with Crippen LogP contribution in [-0.4, -0.2) is 5.97 Å². The minimum Gasteiger partial charge on any atom is -0.240 e. The summed E-state index contributed by atoms with van der Waals surface area (Å²) in [6.45, 7) is 0. The highest BCUT2D eigenvalue weighted by molar-refractivity contribution is 6.44. The van der Waals surface area contributed by atoms with E-state index in [4.69, 9.17) is 11.6 Å². The molecule has 0 amide bonds. The second kappa shape index (κ2) is 5.52. The van der Waals surface area contributed by atoms with Crippen molar-refractivity contribution < 1.29 is 9.90 Å². The first-order valence-electron chi connectivity index (χ1n) is 5.42. The summed E-state index contributed by atoms with van der Waals surface area (Å²) >= 11 is 5.87. The molecule has 0 spiro atoms. The highest BCUT2D eigenvalue weighted by Gasteiger charge is 2.16. The van der Waals surface area contributed by atoms with Crippen LogP contribution in [0.1, 0.15) is 11.1 Å². The largest absolute Gasteiger partial charge is 0.398 e. The molecule has 0 unspecified atom stereocenters. The van der Waals surface area contributed by atoms with E-state index in [1.165, 1.54) is 0 Å². The first kappa shape index (κ1) is 12.4. The van der Waals surface area contributed by atoms with Crippen molar-refractivity contribution >= 4 is 23.1 Å². The van der Waals surface area contributed by atoms with Crippen LogP contribution in [-0.2, 0) is 9.90 Å². The minimum absolute atomic E-state index is 0.285. The zero-order chi connectivity index (χ0) is 13.0. The summed E-state index contributed by atoms with van der Waals surface area (Å²) in [6.07, 6.45) is 0. The Balaban J connectivity index is 2.64. The van der Waals surface area contributed by atoms with Crippen molar-refractivity contribution in [2.75, 3.05) is 0 Å². The van der Waals surface area contributed by atoms with E-state index in [-0.39, 0.29) is 5.03 Å². The summed E-state index contributed by atoms with van der Waals surface area (Å²) < 4.78 is 0. The number of hydrogen-bond donors (Lipinski definition) is 0. The van der Waals surface area contributed by atoms with Gasteiger partial charge in [-0.05, 0) is 11.1 Å². The van der Waals surface area contributed by atoms with E-state index in [1.807, 2.05) is 60.7 Å². The summed E-state index contributed by atoms with van der Waals surface area (Å²) in [5, 5.41) is 10.7. The maximum absolute atomic E-state index is 11.0. The van der Waals surface area contributed by atoms with Gasteiger partial charge in [-0.3, -0.25) is 0 Å². The fraction of sp³-hybridized carbons (Fsp3) is 0. The molecule has 0 atom stereocenters. The molecule has 0 aromatic heterocycles. The third kappa shape index (κ3) is 2.60. The van der Waals surface area contributed by atoms with E-state index >= 15 is 0 Å². The lowest BCUT2D eigenvalue weighted by Crippen LogP contribution is -1.99. The Kier molecular flexibility index (Phi) is 3.80. The van der Waals surface area contributed by atoms with Gasteiger partial charge >= 0.3 is 5.97 Å². The van der Waals surface area contributed by atoms with Crippen molar-refractivity contribution in [2.45, 2.75) is 0 Å². The van der Waals surface area contributed by atoms with Gasteiger partial charge in [0, 0.05) is 5.57 Å². The molecule has 2 aromatic carbocycles. The van der Waals surface area contributed by atoms with E-state index in [0.29, 0.717) is 5.57 Å². The van der Waals surface area contributed by atoms with Gasteiger partial charge in [0.05, 0.1) is 0 Å². The molecule has 0 aliphatic carbocycles. The second-order valence-electron chi connectivity index (χ2n) is 3.71. The molecule has 0 heterocycles. The summed E-state index contributed by atoms with van der Waals surface area (Å²) in [5.74, 6) is -1.38. The predicted molar refractivity (Wildman–Crippen MR) is 70.5 cm³/mol. The standard InChI is InChI=1S/C15H10ClO2/c16-14(15(17)18)13(11-7-3-1-4-8-11)12-9-5-2-6-10-12/h1-10H. The van der Waals surface area contributed by atoms with Crippen LogP contribution in [0.15, 0.2) is 65.7 Å². The fourth-order valence-electron chi connectivity index (χ4n) is 1.73. The molecule has 0 fully saturated rings. The van der Waals surface area contributed by atoms with Crippen LogP contribution < -0.4 is 0 Å². The normalized spacial score (nSPS) is 9.83. The molecule has 3 heteroatoms. The Labute approximate surface area is 110 Å². The smallest absolute Gasteiger partial charge is 0.240 e. The van der Waals surface area contributed by atoms with E-state index < -0.39 is 5.97 Å². The van der Waals surface area contributed by atoms with Crippen molar-refractivity contribution in [3.8, 4) is 0 Å². The molecule has 0 bridgehead atoms. The van der Waals surface area contributed by atoms with Crippen molar-refractivity contribution in [1.82, 2.24) is 0 Å². The number of halogens is 1. The molecule has 0 N–H and O–H groups in total. The van der Waals surface area contributed by atoms with Crippen molar-refractivity contribution in [2.24, 2.45) is 0 Å². The fourth-order valence-corrected chi connectivity index (χ4v) is 1.95. The van der Waals surface area contributed by atoms with Crippen LogP contribution in [0.3, 0.4) is 0 Å². The molecule has 1 radical (unpaired) electrons. The third-order valence-corrected chi connectivity index (χ3v) is 2.87. The number of hydrogen-bond acceptors (Lipinski definition) is 1. The summed E-state index contributed by atoms with van der Waals surface area (Å²) in [5.41, 5.74) is 1.97. The molecule has 2 rings (SSSR count). The monoisotopic (exact) mass is 257 g/mol. The first-order chi connectivity index (χ1) is 8.70. The van der Waals surface area contributed by atoms with Gasteiger partial charge in [-0.25, -0.2) is 9.90 Å². The lowest BCUT2D eigenvalue weighted by Gasteiger charge is -2.08. The van der Waals surface area contributed by atoms with Crippen molar-refractivity contribution in [3.05, 3.63) is 76.8 Å². The minimum atomic E-state index is -1.38. The first-order valence-corrected chi connectivity index (χ1v) is 5.80. The van der Waals surface area contributed by atoms with Gasteiger partial charge in [-0.2, -0.15) is 0 Å². The van der Waals surface area contributed by atoms with Crippen LogP contribution in [0.4, 0.5) is 0 Å². The SMILES string of the molecule is [O]C(=O)C(Cl)=C(c1ccccc1)c1ccccc1. The van der Waals surface area contributed by atoms with Crippen molar-refractivity contribution in [1.29, 1.82) is 0 Å². The summed E-state index contributed by atoms with van der Waals surface area (Å²) in [7, 11) is 0.